The van der Waals surface area contributed by atoms with Gasteiger partial charge in [-0.25, -0.2) is 0 Å². The lowest BCUT2D eigenvalue weighted by atomic mass is 9.72. The van der Waals surface area contributed by atoms with Crippen molar-refractivity contribution >= 4 is 5.91 Å². The van der Waals surface area contributed by atoms with Gasteiger partial charge in [-0.3, -0.25) is 9.69 Å². The van der Waals surface area contributed by atoms with Gasteiger partial charge in [-0.05, 0) is 64.3 Å². The minimum absolute atomic E-state index is 0.0644. The molecule has 1 amide bonds. The second-order valence-corrected chi connectivity index (χ2v) is 10.3. The van der Waals surface area contributed by atoms with E-state index in [1.807, 2.05) is 11.0 Å². The lowest BCUT2D eigenvalue weighted by Gasteiger charge is -2.54. The SMILES string of the molecule is C=CC(=O)N1CCC2(CC1)CN(Cc1ccc(-c3cc4c(cc3-c3ccccc3)OCCO4)cc1)C2. The highest BCUT2D eigenvalue weighted by atomic mass is 16.6. The molecule has 6 rings (SSSR count). The van der Waals surface area contributed by atoms with E-state index in [9.17, 15) is 4.79 Å². The molecule has 0 aliphatic carbocycles. The molecule has 0 bridgehead atoms. The zero-order valence-electron chi connectivity index (χ0n) is 20.6. The summed E-state index contributed by atoms with van der Waals surface area (Å²) >= 11 is 0. The van der Waals surface area contributed by atoms with Crippen molar-refractivity contribution in [2.75, 3.05) is 39.4 Å². The Morgan fingerprint density at radius 1 is 0.861 bits per heavy atom. The molecule has 0 radical (unpaired) electrons. The van der Waals surface area contributed by atoms with E-state index in [-0.39, 0.29) is 5.91 Å². The summed E-state index contributed by atoms with van der Waals surface area (Å²) in [7, 11) is 0. The first kappa shape index (κ1) is 22.9. The average molecular weight is 481 g/mol. The Kier molecular flexibility index (Phi) is 6.02. The Hall–Kier alpha value is -3.57. The number of hydrogen-bond donors (Lipinski definition) is 0. The molecular formula is C31H32N2O3. The molecule has 3 aliphatic rings. The van der Waals surface area contributed by atoms with Gasteiger partial charge < -0.3 is 14.4 Å². The van der Waals surface area contributed by atoms with Gasteiger partial charge in [-0.15, -0.1) is 0 Å². The van der Waals surface area contributed by atoms with Gasteiger partial charge >= 0.3 is 0 Å². The van der Waals surface area contributed by atoms with Crippen LogP contribution in [0.2, 0.25) is 0 Å². The molecule has 36 heavy (non-hydrogen) atoms. The van der Waals surface area contributed by atoms with Crippen molar-refractivity contribution in [3.63, 3.8) is 0 Å². The van der Waals surface area contributed by atoms with Crippen LogP contribution in [-0.2, 0) is 11.3 Å². The molecule has 0 saturated carbocycles. The highest BCUT2D eigenvalue weighted by molar-refractivity contribution is 5.87. The molecule has 5 nitrogen and oxygen atoms in total. The summed E-state index contributed by atoms with van der Waals surface area (Å²) in [6.07, 6.45) is 3.62. The number of likely N-dealkylation sites (tertiary alicyclic amines) is 2. The van der Waals surface area contributed by atoms with E-state index in [0.717, 1.165) is 68.2 Å². The summed E-state index contributed by atoms with van der Waals surface area (Å²) in [5, 5.41) is 0. The Morgan fingerprint density at radius 2 is 1.44 bits per heavy atom. The van der Waals surface area contributed by atoms with E-state index in [1.165, 1.54) is 22.8 Å². The summed E-state index contributed by atoms with van der Waals surface area (Å²) in [4.78, 5) is 16.3. The van der Waals surface area contributed by atoms with Gasteiger partial charge in [0.1, 0.15) is 13.2 Å². The molecule has 1 spiro atoms. The Bertz CT molecular complexity index is 1250. The molecule has 5 heteroatoms. The van der Waals surface area contributed by atoms with E-state index < -0.39 is 0 Å². The molecule has 0 unspecified atom stereocenters. The van der Waals surface area contributed by atoms with Crippen LogP contribution in [0.25, 0.3) is 22.3 Å². The Labute approximate surface area is 212 Å². The van der Waals surface area contributed by atoms with Crippen molar-refractivity contribution in [3.8, 4) is 33.8 Å². The Morgan fingerprint density at radius 3 is 2.03 bits per heavy atom. The molecule has 3 heterocycles. The maximum atomic E-state index is 11.9. The predicted octanol–water partition coefficient (Wildman–Crippen LogP) is 5.40. The molecule has 3 aromatic carbocycles. The quantitative estimate of drug-likeness (QED) is 0.459. The van der Waals surface area contributed by atoms with Gasteiger partial charge in [0.25, 0.3) is 0 Å². The number of amides is 1. The first-order valence-electron chi connectivity index (χ1n) is 12.8. The molecule has 3 aliphatic heterocycles. The number of hydrogen-bond acceptors (Lipinski definition) is 4. The molecular weight excluding hydrogens is 448 g/mol. The zero-order chi connectivity index (χ0) is 24.5. The fourth-order valence-electron chi connectivity index (χ4n) is 5.89. The van der Waals surface area contributed by atoms with Crippen LogP contribution in [0.4, 0.5) is 0 Å². The van der Waals surface area contributed by atoms with Gasteiger partial charge in [0, 0.05) is 32.7 Å². The number of rotatable bonds is 5. The molecule has 2 fully saturated rings. The van der Waals surface area contributed by atoms with Crippen LogP contribution in [0.3, 0.4) is 0 Å². The number of fused-ring (bicyclic) bond motifs is 1. The second-order valence-electron chi connectivity index (χ2n) is 10.3. The van der Waals surface area contributed by atoms with Gasteiger partial charge in [0.2, 0.25) is 5.91 Å². The van der Waals surface area contributed by atoms with Crippen molar-refractivity contribution in [1.82, 2.24) is 9.80 Å². The molecule has 2 saturated heterocycles. The fourth-order valence-corrected chi connectivity index (χ4v) is 5.89. The van der Waals surface area contributed by atoms with Crippen LogP contribution in [0.15, 0.2) is 79.4 Å². The third-order valence-electron chi connectivity index (χ3n) is 7.87. The lowest BCUT2D eigenvalue weighted by Crippen LogP contribution is -2.60. The normalized spacial score (nSPS) is 18.5. The number of carbonyl (C=O) groups is 1. The average Bonchev–Trinajstić information content (AvgIpc) is 2.92. The highest BCUT2D eigenvalue weighted by Crippen LogP contribution is 2.43. The third kappa shape index (κ3) is 4.40. The van der Waals surface area contributed by atoms with Gasteiger partial charge in [0.05, 0.1) is 0 Å². The van der Waals surface area contributed by atoms with Crippen molar-refractivity contribution in [2.24, 2.45) is 5.41 Å². The minimum atomic E-state index is 0.0644. The number of piperidine rings is 1. The standard InChI is InChI=1S/C31H32N2O3/c1-2-30(34)33-14-12-31(13-15-33)21-32(22-31)20-23-8-10-25(11-9-23)27-19-29-28(35-16-17-36-29)18-26(27)24-6-4-3-5-7-24/h2-11,18-19H,1,12-17,20-22H2. The summed E-state index contributed by atoms with van der Waals surface area (Å²) in [6, 6.07) is 23.6. The van der Waals surface area contributed by atoms with Crippen LogP contribution in [-0.4, -0.2) is 55.1 Å². The van der Waals surface area contributed by atoms with Crippen LogP contribution in [0.1, 0.15) is 18.4 Å². The number of benzene rings is 3. The number of ether oxygens (including phenoxy) is 2. The summed E-state index contributed by atoms with van der Waals surface area (Å²) in [5.74, 6) is 1.69. The summed E-state index contributed by atoms with van der Waals surface area (Å²) in [5.41, 5.74) is 6.35. The topological polar surface area (TPSA) is 42.0 Å². The van der Waals surface area contributed by atoms with Gasteiger partial charge in [0.15, 0.2) is 11.5 Å². The monoisotopic (exact) mass is 480 g/mol. The van der Waals surface area contributed by atoms with E-state index in [0.29, 0.717) is 18.6 Å². The van der Waals surface area contributed by atoms with Crippen LogP contribution in [0, 0.1) is 5.41 Å². The van der Waals surface area contributed by atoms with Crippen molar-refractivity contribution in [1.29, 1.82) is 0 Å². The summed E-state index contributed by atoms with van der Waals surface area (Å²) < 4.78 is 11.8. The smallest absolute Gasteiger partial charge is 0.245 e. The largest absolute Gasteiger partial charge is 0.486 e. The van der Waals surface area contributed by atoms with E-state index in [4.69, 9.17) is 9.47 Å². The summed E-state index contributed by atoms with van der Waals surface area (Å²) in [6.45, 7) is 9.68. The van der Waals surface area contributed by atoms with Crippen molar-refractivity contribution in [2.45, 2.75) is 19.4 Å². The van der Waals surface area contributed by atoms with Crippen LogP contribution < -0.4 is 9.47 Å². The number of carbonyl (C=O) groups excluding carboxylic acids is 1. The molecule has 184 valence electrons. The van der Waals surface area contributed by atoms with Gasteiger partial charge in [-0.2, -0.15) is 0 Å². The zero-order valence-corrected chi connectivity index (χ0v) is 20.6. The highest BCUT2D eigenvalue weighted by Gasteiger charge is 2.44. The molecule has 0 atom stereocenters. The predicted molar refractivity (Wildman–Crippen MR) is 142 cm³/mol. The maximum absolute atomic E-state index is 11.9. The minimum Gasteiger partial charge on any atom is -0.486 e. The lowest BCUT2D eigenvalue weighted by molar-refractivity contribution is -0.131. The second kappa shape index (κ2) is 9.47. The third-order valence-corrected chi connectivity index (χ3v) is 7.87. The van der Waals surface area contributed by atoms with Crippen molar-refractivity contribution < 1.29 is 14.3 Å². The maximum Gasteiger partial charge on any atom is 0.245 e. The first-order chi connectivity index (χ1) is 17.6. The Balaban J connectivity index is 1.16. The first-order valence-corrected chi connectivity index (χ1v) is 12.8. The molecule has 0 aromatic heterocycles. The fraction of sp³-hybridized carbons (Fsp3) is 0.323. The van der Waals surface area contributed by atoms with E-state index in [2.05, 4.69) is 72.1 Å². The van der Waals surface area contributed by atoms with Crippen LogP contribution in [0.5, 0.6) is 11.5 Å². The molecule has 3 aromatic rings. The van der Waals surface area contributed by atoms with E-state index >= 15 is 0 Å². The van der Waals surface area contributed by atoms with Crippen molar-refractivity contribution in [3.05, 3.63) is 84.9 Å². The molecule has 0 N–H and O–H groups in total. The van der Waals surface area contributed by atoms with Crippen LogP contribution >= 0.6 is 0 Å². The van der Waals surface area contributed by atoms with E-state index in [1.54, 1.807) is 0 Å². The van der Waals surface area contributed by atoms with Gasteiger partial charge in [-0.1, -0.05) is 61.2 Å². The number of nitrogens with zero attached hydrogens (tertiary/aromatic N) is 2.